The molecule has 4 N–H and O–H groups in total. The molecule has 0 aromatic heterocycles. The summed E-state index contributed by atoms with van der Waals surface area (Å²) in [5.41, 5.74) is 6.87. The second kappa shape index (κ2) is 7.32. The molecule has 1 fully saturated rings. The Bertz CT molecular complexity index is 585. The second-order valence-electron chi connectivity index (χ2n) is 6.56. The lowest BCUT2D eigenvalue weighted by Gasteiger charge is -2.18. The van der Waals surface area contributed by atoms with Crippen molar-refractivity contribution in [3.8, 4) is 0 Å². The van der Waals surface area contributed by atoms with Crippen molar-refractivity contribution in [1.29, 1.82) is 0 Å². The van der Waals surface area contributed by atoms with Crippen LogP contribution in [0.15, 0.2) is 24.3 Å². The summed E-state index contributed by atoms with van der Waals surface area (Å²) in [4.78, 5) is 23.7. The number of halogens is 1. The van der Waals surface area contributed by atoms with Crippen LogP contribution in [0.2, 0.25) is 5.02 Å². The lowest BCUT2D eigenvalue weighted by molar-refractivity contribution is -0.127. The first-order valence-corrected chi connectivity index (χ1v) is 8.28. The topological polar surface area (TPSA) is 84.2 Å². The summed E-state index contributed by atoms with van der Waals surface area (Å²) in [6.07, 6.45) is 2.05. The SMILES string of the molecule is CC(C)[C@H](N)C(=O)NCC(=O)NCC1(c2cccc(Cl)c2)CC1. The normalized spacial score (nSPS) is 16.7. The number of carbonyl (C=O) groups excluding carboxylic acids is 2. The molecule has 0 spiro atoms. The van der Waals surface area contributed by atoms with E-state index >= 15 is 0 Å². The summed E-state index contributed by atoms with van der Waals surface area (Å²) in [6, 6.07) is 7.16. The van der Waals surface area contributed by atoms with Crippen LogP contribution < -0.4 is 16.4 Å². The predicted octanol–water partition coefficient (Wildman–Crippen LogP) is 1.59. The third-order valence-electron chi connectivity index (χ3n) is 4.36. The average Bonchev–Trinajstić information content (AvgIpc) is 3.31. The zero-order chi connectivity index (χ0) is 17.0. The molecule has 0 saturated heterocycles. The number of rotatable bonds is 7. The van der Waals surface area contributed by atoms with Gasteiger partial charge in [-0.2, -0.15) is 0 Å². The standard InChI is InChI=1S/C17H24ClN3O2/c1-11(2)15(19)16(23)20-9-14(22)21-10-17(6-7-17)12-4-3-5-13(18)8-12/h3-5,8,11,15H,6-7,9-10,19H2,1-2H3,(H,20,23)(H,21,22)/t15-/m0/s1. The molecule has 2 rings (SSSR count). The molecule has 6 heteroatoms. The summed E-state index contributed by atoms with van der Waals surface area (Å²) in [7, 11) is 0. The van der Waals surface area contributed by atoms with Crippen molar-refractivity contribution in [3.63, 3.8) is 0 Å². The number of nitrogens with one attached hydrogen (secondary N) is 2. The zero-order valence-corrected chi connectivity index (χ0v) is 14.3. The molecule has 1 aliphatic carbocycles. The first kappa shape index (κ1) is 17.8. The van der Waals surface area contributed by atoms with Crippen molar-refractivity contribution in [3.05, 3.63) is 34.9 Å². The molecule has 1 saturated carbocycles. The second-order valence-corrected chi connectivity index (χ2v) is 6.99. The molecular formula is C17H24ClN3O2. The van der Waals surface area contributed by atoms with Crippen LogP contribution in [-0.2, 0) is 15.0 Å². The highest BCUT2D eigenvalue weighted by molar-refractivity contribution is 6.30. The summed E-state index contributed by atoms with van der Waals surface area (Å²) in [5.74, 6) is -0.468. The molecule has 5 nitrogen and oxygen atoms in total. The Labute approximate surface area is 142 Å². The van der Waals surface area contributed by atoms with E-state index in [1.807, 2.05) is 38.1 Å². The van der Waals surface area contributed by atoms with Crippen LogP contribution in [0.25, 0.3) is 0 Å². The van der Waals surface area contributed by atoms with Gasteiger partial charge in [0.1, 0.15) is 0 Å². The summed E-state index contributed by atoms with van der Waals surface area (Å²) < 4.78 is 0. The van der Waals surface area contributed by atoms with Crippen LogP contribution >= 0.6 is 11.6 Å². The number of nitrogens with two attached hydrogens (primary N) is 1. The van der Waals surface area contributed by atoms with Crippen LogP contribution in [0.5, 0.6) is 0 Å². The van der Waals surface area contributed by atoms with Crippen molar-refractivity contribution in [1.82, 2.24) is 10.6 Å². The lowest BCUT2D eigenvalue weighted by Crippen LogP contribution is -2.47. The van der Waals surface area contributed by atoms with Gasteiger partial charge in [0.05, 0.1) is 12.6 Å². The number of benzene rings is 1. The van der Waals surface area contributed by atoms with E-state index in [1.165, 1.54) is 0 Å². The Hall–Kier alpha value is -1.59. The third-order valence-corrected chi connectivity index (χ3v) is 4.59. The predicted molar refractivity (Wildman–Crippen MR) is 91.2 cm³/mol. The average molecular weight is 338 g/mol. The van der Waals surface area contributed by atoms with Gasteiger partial charge in [0.25, 0.3) is 0 Å². The molecule has 1 atom stereocenters. The van der Waals surface area contributed by atoms with Crippen LogP contribution in [0.1, 0.15) is 32.3 Å². The largest absolute Gasteiger partial charge is 0.354 e. The van der Waals surface area contributed by atoms with E-state index in [0.717, 1.165) is 18.4 Å². The Morgan fingerprint density at radius 2 is 2.00 bits per heavy atom. The van der Waals surface area contributed by atoms with Crippen molar-refractivity contribution in [2.75, 3.05) is 13.1 Å². The van der Waals surface area contributed by atoms with Crippen LogP contribution in [0.4, 0.5) is 0 Å². The highest BCUT2D eigenvalue weighted by Crippen LogP contribution is 2.48. The van der Waals surface area contributed by atoms with Gasteiger partial charge >= 0.3 is 0 Å². The molecular weight excluding hydrogens is 314 g/mol. The Morgan fingerprint density at radius 3 is 2.57 bits per heavy atom. The van der Waals surface area contributed by atoms with E-state index in [4.69, 9.17) is 17.3 Å². The molecule has 1 aliphatic rings. The summed E-state index contributed by atoms with van der Waals surface area (Å²) >= 11 is 6.03. The van der Waals surface area contributed by atoms with E-state index < -0.39 is 6.04 Å². The van der Waals surface area contributed by atoms with Crippen molar-refractivity contribution in [2.45, 2.75) is 38.1 Å². The fourth-order valence-corrected chi connectivity index (χ4v) is 2.65. The fraction of sp³-hybridized carbons (Fsp3) is 0.529. The molecule has 0 unspecified atom stereocenters. The van der Waals surface area contributed by atoms with E-state index in [-0.39, 0.29) is 29.7 Å². The maximum absolute atomic E-state index is 11.9. The van der Waals surface area contributed by atoms with E-state index in [2.05, 4.69) is 10.6 Å². The van der Waals surface area contributed by atoms with Gasteiger partial charge in [-0.05, 0) is 36.5 Å². The Morgan fingerprint density at radius 1 is 1.30 bits per heavy atom. The molecule has 2 amide bonds. The third kappa shape index (κ3) is 4.69. The van der Waals surface area contributed by atoms with Crippen molar-refractivity contribution >= 4 is 23.4 Å². The van der Waals surface area contributed by atoms with Crippen LogP contribution in [0, 0.1) is 5.92 Å². The van der Waals surface area contributed by atoms with Gasteiger partial charge in [-0.25, -0.2) is 0 Å². The molecule has 0 heterocycles. The fourth-order valence-electron chi connectivity index (χ4n) is 2.46. The monoisotopic (exact) mass is 337 g/mol. The van der Waals surface area contributed by atoms with Gasteiger partial charge in [0, 0.05) is 17.0 Å². The smallest absolute Gasteiger partial charge is 0.239 e. The molecule has 0 bridgehead atoms. The Balaban J connectivity index is 1.80. The van der Waals surface area contributed by atoms with Gasteiger partial charge in [-0.15, -0.1) is 0 Å². The molecule has 0 radical (unpaired) electrons. The van der Waals surface area contributed by atoms with E-state index in [9.17, 15) is 9.59 Å². The first-order chi connectivity index (χ1) is 10.8. The van der Waals surface area contributed by atoms with Gasteiger partial charge in [-0.3, -0.25) is 9.59 Å². The van der Waals surface area contributed by atoms with E-state index in [1.54, 1.807) is 0 Å². The Kier molecular flexibility index (Phi) is 5.65. The highest BCUT2D eigenvalue weighted by Gasteiger charge is 2.44. The van der Waals surface area contributed by atoms with Crippen molar-refractivity contribution < 1.29 is 9.59 Å². The number of hydrogen-bond donors (Lipinski definition) is 3. The number of hydrogen-bond acceptors (Lipinski definition) is 3. The van der Waals surface area contributed by atoms with Gasteiger partial charge in [-0.1, -0.05) is 37.6 Å². The van der Waals surface area contributed by atoms with Gasteiger partial charge < -0.3 is 16.4 Å². The minimum absolute atomic E-state index is 0.0150. The number of amides is 2. The quantitative estimate of drug-likeness (QED) is 0.706. The van der Waals surface area contributed by atoms with Crippen LogP contribution in [0.3, 0.4) is 0 Å². The molecule has 0 aliphatic heterocycles. The maximum Gasteiger partial charge on any atom is 0.239 e. The lowest BCUT2D eigenvalue weighted by atomic mass is 9.96. The van der Waals surface area contributed by atoms with E-state index in [0.29, 0.717) is 11.6 Å². The van der Waals surface area contributed by atoms with Gasteiger partial charge in [0.2, 0.25) is 11.8 Å². The molecule has 23 heavy (non-hydrogen) atoms. The minimum atomic E-state index is -0.593. The minimum Gasteiger partial charge on any atom is -0.354 e. The molecule has 1 aromatic carbocycles. The number of carbonyl (C=O) groups is 2. The molecule has 1 aromatic rings. The summed E-state index contributed by atoms with van der Waals surface area (Å²) in [5, 5.41) is 6.17. The first-order valence-electron chi connectivity index (χ1n) is 7.90. The van der Waals surface area contributed by atoms with Gasteiger partial charge in [0.15, 0.2) is 0 Å². The maximum atomic E-state index is 11.9. The van der Waals surface area contributed by atoms with Crippen molar-refractivity contribution in [2.24, 2.45) is 11.7 Å². The molecule has 126 valence electrons. The summed E-state index contributed by atoms with van der Waals surface area (Å²) in [6.45, 7) is 4.24. The zero-order valence-electron chi connectivity index (χ0n) is 13.6. The highest BCUT2D eigenvalue weighted by atomic mass is 35.5. The van der Waals surface area contributed by atoms with Crippen LogP contribution in [-0.4, -0.2) is 30.9 Å².